The fraction of sp³-hybridized carbons (Fsp3) is 0.462. The Kier molecular flexibility index (Phi) is 5.24. The smallest absolute Gasteiger partial charge is 0.276 e. The van der Waals surface area contributed by atoms with E-state index in [4.69, 9.17) is 17.2 Å². The number of nitrogen functional groups attached to an aromatic ring is 2. The molecule has 6 rings (SSSR count). The van der Waals surface area contributed by atoms with Crippen molar-refractivity contribution in [3.05, 3.63) is 57.9 Å². The van der Waals surface area contributed by atoms with Crippen LogP contribution in [0.4, 0.5) is 16.8 Å². The number of nitrogens with zero attached hydrogens (tertiary/aromatic N) is 5. The summed E-state index contributed by atoms with van der Waals surface area (Å²) in [7, 11) is 0. The third kappa shape index (κ3) is 3.62. The summed E-state index contributed by atoms with van der Waals surface area (Å²) in [4.78, 5) is 32.0. The summed E-state index contributed by atoms with van der Waals surface area (Å²) in [6.07, 6.45) is 4.66. The molecule has 0 saturated carbocycles. The quantitative estimate of drug-likeness (QED) is 0.484. The average Bonchev–Trinajstić information content (AvgIpc) is 3.36. The summed E-state index contributed by atoms with van der Waals surface area (Å²) in [6.45, 7) is 6.77. The van der Waals surface area contributed by atoms with Gasteiger partial charge >= 0.3 is 0 Å². The molecule has 188 valence electrons. The molecule has 0 bridgehead atoms. The van der Waals surface area contributed by atoms with Crippen LogP contribution >= 0.6 is 11.3 Å². The topological polar surface area (TPSA) is 140 Å². The van der Waals surface area contributed by atoms with Gasteiger partial charge in [-0.15, -0.1) is 11.3 Å². The average molecular weight is 505 g/mol. The van der Waals surface area contributed by atoms with E-state index >= 15 is 0 Å². The van der Waals surface area contributed by atoms with E-state index in [-0.39, 0.29) is 34.3 Å². The first kappa shape index (κ1) is 23.2. The van der Waals surface area contributed by atoms with E-state index in [0.717, 1.165) is 42.9 Å². The molecule has 1 saturated heterocycles. The number of aromatic nitrogens is 3. The molecule has 4 heterocycles. The summed E-state index contributed by atoms with van der Waals surface area (Å²) >= 11 is 1.43. The highest BCUT2D eigenvalue weighted by Gasteiger charge is 2.46. The highest BCUT2D eigenvalue weighted by atomic mass is 32.1. The number of hydrogen-bond donors (Lipinski definition) is 3. The first-order valence-corrected chi connectivity index (χ1v) is 13.2. The minimum Gasteiger partial charge on any atom is -0.382 e. The Bertz CT molecular complexity index is 1340. The number of nitrogens with two attached hydrogens (primary N) is 3. The lowest BCUT2D eigenvalue weighted by atomic mass is 9.73. The van der Waals surface area contributed by atoms with Gasteiger partial charge in [0, 0.05) is 36.0 Å². The van der Waals surface area contributed by atoms with E-state index in [1.54, 1.807) is 11.1 Å². The number of amides is 1. The summed E-state index contributed by atoms with van der Waals surface area (Å²) in [6, 6.07) is 8.60. The first-order chi connectivity index (χ1) is 17.2. The minimum atomic E-state index is -0.302. The van der Waals surface area contributed by atoms with Crippen LogP contribution in [0.25, 0.3) is 0 Å². The molecule has 1 spiro atoms. The van der Waals surface area contributed by atoms with Crippen molar-refractivity contribution in [2.24, 2.45) is 11.1 Å². The van der Waals surface area contributed by atoms with Crippen LogP contribution in [0.2, 0.25) is 0 Å². The summed E-state index contributed by atoms with van der Waals surface area (Å²) in [5.74, 6) is 0.652. The fourth-order valence-electron chi connectivity index (χ4n) is 6.28. The van der Waals surface area contributed by atoms with Gasteiger partial charge in [-0.3, -0.25) is 4.79 Å². The van der Waals surface area contributed by atoms with Crippen LogP contribution in [0.5, 0.6) is 0 Å². The van der Waals surface area contributed by atoms with E-state index in [9.17, 15) is 4.79 Å². The van der Waals surface area contributed by atoms with Crippen molar-refractivity contribution in [2.45, 2.75) is 51.1 Å². The third-order valence-electron chi connectivity index (χ3n) is 8.23. The Morgan fingerprint density at radius 3 is 2.61 bits per heavy atom. The first-order valence-electron chi connectivity index (χ1n) is 12.4. The number of carbonyl (C=O) groups is 1. The zero-order valence-corrected chi connectivity index (χ0v) is 21.5. The highest BCUT2D eigenvalue weighted by Crippen LogP contribution is 2.51. The molecule has 2 aromatic heterocycles. The molecule has 3 aliphatic rings. The minimum absolute atomic E-state index is 0.0650. The second-order valence-corrected chi connectivity index (χ2v) is 12.1. The van der Waals surface area contributed by atoms with Crippen molar-refractivity contribution in [3.8, 4) is 0 Å². The third-order valence-corrected chi connectivity index (χ3v) is 9.10. The zero-order valence-electron chi connectivity index (χ0n) is 20.7. The Labute approximate surface area is 214 Å². The van der Waals surface area contributed by atoms with E-state index in [2.05, 4.69) is 58.0 Å². The molecule has 1 fully saturated rings. The number of anilines is 3. The van der Waals surface area contributed by atoms with E-state index in [0.29, 0.717) is 24.0 Å². The maximum atomic E-state index is 13.4. The molecule has 2 aliphatic heterocycles. The van der Waals surface area contributed by atoms with Gasteiger partial charge in [-0.2, -0.15) is 0 Å². The number of rotatable bonds is 2. The SMILES string of the molecule is CC1(C)CN(C(=O)c2ncc(N3CCC4(CC3)Cc3ccccc3C4N)nc2N)Cc2sc(N)nc21. The van der Waals surface area contributed by atoms with E-state index in [1.807, 2.05) is 0 Å². The summed E-state index contributed by atoms with van der Waals surface area (Å²) in [5, 5.41) is 0.525. The molecule has 9 nitrogen and oxygen atoms in total. The number of hydrogen-bond acceptors (Lipinski definition) is 9. The number of piperidine rings is 1. The Hall–Kier alpha value is -3.24. The molecule has 1 amide bonds. The molecule has 0 radical (unpaired) electrons. The normalized spacial score (nSPS) is 21.9. The van der Waals surface area contributed by atoms with Crippen LogP contribution < -0.4 is 22.1 Å². The molecule has 1 unspecified atom stereocenters. The van der Waals surface area contributed by atoms with Crippen molar-refractivity contribution < 1.29 is 4.79 Å². The molecule has 1 aliphatic carbocycles. The van der Waals surface area contributed by atoms with Crippen LogP contribution in [-0.2, 0) is 18.4 Å². The predicted molar refractivity (Wildman–Crippen MR) is 142 cm³/mol. The van der Waals surface area contributed by atoms with Gasteiger partial charge in [-0.05, 0) is 35.8 Å². The lowest BCUT2D eigenvalue weighted by Gasteiger charge is -2.42. The van der Waals surface area contributed by atoms with E-state index < -0.39 is 0 Å². The second kappa shape index (κ2) is 8.14. The number of thiazole rings is 1. The number of carbonyl (C=O) groups excluding carboxylic acids is 1. The van der Waals surface area contributed by atoms with Gasteiger partial charge in [-0.25, -0.2) is 15.0 Å². The molecule has 10 heteroatoms. The maximum Gasteiger partial charge on any atom is 0.276 e. The monoisotopic (exact) mass is 504 g/mol. The fourth-order valence-corrected chi connectivity index (χ4v) is 7.31. The molecular formula is C26H32N8OS. The van der Waals surface area contributed by atoms with Crippen molar-refractivity contribution in [1.82, 2.24) is 19.9 Å². The van der Waals surface area contributed by atoms with Gasteiger partial charge in [0.2, 0.25) is 0 Å². The number of benzene rings is 1. The Morgan fingerprint density at radius 2 is 1.89 bits per heavy atom. The second-order valence-electron chi connectivity index (χ2n) is 11.0. The van der Waals surface area contributed by atoms with Crippen LogP contribution in [-0.4, -0.2) is 45.4 Å². The van der Waals surface area contributed by atoms with Crippen molar-refractivity contribution >= 4 is 34.0 Å². The van der Waals surface area contributed by atoms with Crippen molar-refractivity contribution in [2.75, 3.05) is 36.0 Å². The molecular weight excluding hydrogens is 472 g/mol. The van der Waals surface area contributed by atoms with Crippen LogP contribution in [0.1, 0.15) is 64.9 Å². The standard InChI is InChI=1S/C26H32N8OS/c1-25(2)14-34(13-17-21(25)32-24(29)36-17)23(35)19-22(28)31-18(12-30-19)33-9-7-26(8-10-33)11-15-5-3-4-6-16(15)20(26)27/h3-6,12,20H,7-11,13-14,27H2,1-2H3,(H2,28,31)(H2,29,32). The summed E-state index contributed by atoms with van der Waals surface area (Å²) in [5.41, 5.74) is 22.6. The molecule has 36 heavy (non-hydrogen) atoms. The van der Waals surface area contributed by atoms with Gasteiger partial charge < -0.3 is 27.0 Å². The maximum absolute atomic E-state index is 13.4. The van der Waals surface area contributed by atoms with Crippen molar-refractivity contribution in [3.63, 3.8) is 0 Å². The Balaban J connectivity index is 1.16. The van der Waals surface area contributed by atoms with Gasteiger partial charge in [0.05, 0.1) is 18.4 Å². The van der Waals surface area contributed by atoms with Crippen LogP contribution in [0.15, 0.2) is 30.5 Å². The molecule has 1 atom stereocenters. The molecule has 1 aromatic carbocycles. The van der Waals surface area contributed by atoms with Gasteiger partial charge in [-0.1, -0.05) is 38.1 Å². The lowest BCUT2D eigenvalue weighted by Crippen LogP contribution is -2.45. The number of fused-ring (bicyclic) bond motifs is 2. The molecule has 6 N–H and O–H groups in total. The lowest BCUT2D eigenvalue weighted by molar-refractivity contribution is 0.0682. The van der Waals surface area contributed by atoms with Gasteiger partial charge in [0.15, 0.2) is 16.6 Å². The summed E-state index contributed by atoms with van der Waals surface area (Å²) < 4.78 is 0. The Morgan fingerprint density at radius 1 is 1.14 bits per heavy atom. The zero-order chi connectivity index (χ0) is 25.2. The van der Waals surface area contributed by atoms with Crippen LogP contribution in [0, 0.1) is 5.41 Å². The highest BCUT2D eigenvalue weighted by molar-refractivity contribution is 7.15. The predicted octanol–water partition coefficient (Wildman–Crippen LogP) is 2.87. The van der Waals surface area contributed by atoms with Gasteiger partial charge in [0.25, 0.3) is 5.91 Å². The van der Waals surface area contributed by atoms with Crippen molar-refractivity contribution in [1.29, 1.82) is 0 Å². The van der Waals surface area contributed by atoms with E-state index in [1.165, 1.54) is 22.5 Å². The van der Waals surface area contributed by atoms with Gasteiger partial charge in [0.1, 0.15) is 5.82 Å². The largest absolute Gasteiger partial charge is 0.382 e. The van der Waals surface area contributed by atoms with Crippen LogP contribution in [0.3, 0.4) is 0 Å². The molecule has 3 aromatic rings.